The molecule has 0 spiro atoms. The molecule has 2 N–H and O–H groups in total. The number of nitrogens with one attached hydrogen (secondary N) is 2. The molecule has 0 saturated carbocycles. The number of morpholine rings is 1. The van der Waals surface area contributed by atoms with Gasteiger partial charge >= 0.3 is 7.12 Å². The van der Waals surface area contributed by atoms with Gasteiger partial charge in [0.2, 0.25) is 0 Å². The van der Waals surface area contributed by atoms with Crippen LogP contribution in [0.15, 0.2) is 36.5 Å². The average molecular weight is 458 g/mol. The molecular weight excluding hydrogens is 430 g/mol. The summed E-state index contributed by atoms with van der Waals surface area (Å²) in [6.07, 6.45) is 1.70. The summed E-state index contributed by atoms with van der Waals surface area (Å²) in [5.41, 5.74) is 1.84. The number of anilines is 2. The van der Waals surface area contributed by atoms with Crippen LogP contribution in [0.3, 0.4) is 0 Å². The third-order valence-corrected chi connectivity index (χ3v) is 6.65. The number of pyridine rings is 1. The van der Waals surface area contributed by atoms with Crippen molar-refractivity contribution in [2.75, 3.05) is 35.9 Å². The van der Waals surface area contributed by atoms with Crippen molar-refractivity contribution in [3.8, 4) is 0 Å². The summed E-state index contributed by atoms with van der Waals surface area (Å²) >= 11 is 0.00134. The van der Waals surface area contributed by atoms with Gasteiger partial charge in [-0.3, -0.25) is 5.41 Å². The Morgan fingerprint density at radius 1 is 1.12 bits per heavy atom. The predicted molar refractivity (Wildman–Crippen MR) is 128 cm³/mol. The van der Waals surface area contributed by atoms with Crippen molar-refractivity contribution in [2.24, 2.45) is 0 Å². The minimum atomic E-state index is -0.569. The van der Waals surface area contributed by atoms with Crippen molar-refractivity contribution in [1.82, 2.24) is 4.98 Å². The third-order valence-electron chi connectivity index (χ3n) is 6.36. The Morgan fingerprint density at radius 2 is 1.81 bits per heavy atom. The third kappa shape index (κ3) is 4.50. The number of ether oxygens (including phenoxy) is 1. The molecule has 0 aliphatic carbocycles. The molecule has 2 aliphatic rings. The highest BCUT2D eigenvalue weighted by atomic mass is 32.2. The molecule has 170 valence electrons. The molecule has 0 amide bonds. The monoisotopic (exact) mass is 458 g/mol. The fourth-order valence-electron chi connectivity index (χ4n) is 3.72. The lowest BCUT2D eigenvalue weighted by molar-refractivity contribution is 0.00578. The second-order valence-corrected chi connectivity index (χ2v) is 9.31. The van der Waals surface area contributed by atoms with Crippen LogP contribution < -0.4 is 15.1 Å². The smallest absolute Gasteiger partial charge is 0.399 e. The molecule has 10 heteroatoms. The molecule has 0 radical (unpaired) electrons. The van der Waals surface area contributed by atoms with E-state index in [-0.39, 0.29) is 18.0 Å². The first-order valence-corrected chi connectivity index (χ1v) is 11.3. The highest BCUT2D eigenvalue weighted by molar-refractivity contribution is 7.95. The molecule has 2 saturated heterocycles. The lowest BCUT2D eigenvalue weighted by Gasteiger charge is -2.32. The van der Waals surface area contributed by atoms with Gasteiger partial charge in [-0.25, -0.2) is 4.98 Å². The lowest BCUT2D eigenvalue weighted by Crippen LogP contribution is -2.41. The van der Waals surface area contributed by atoms with Crippen LogP contribution in [0.2, 0.25) is 0 Å². The second kappa shape index (κ2) is 9.01. The van der Waals surface area contributed by atoms with E-state index in [9.17, 15) is 3.89 Å². The number of halogens is 1. The molecule has 3 heterocycles. The quantitative estimate of drug-likeness (QED) is 0.389. The molecule has 32 heavy (non-hydrogen) atoms. The van der Waals surface area contributed by atoms with Crippen LogP contribution in [0, 0.1) is 5.41 Å². The van der Waals surface area contributed by atoms with Gasteiger partial charge in [-0.05, 0) is 51.4 Å². The van der Waals surface area contributed by atoms with E-state index in [2.05, 4.69) is 14.6 Å². The van der Waals surface area contributed by atoms with Gasteiger partial charge in [-0.1, -0.05) is 12.1 Å². The summed E-state index contributed by atoms with van der Waals surface area (Å²) in [5, 5.41) is 8.90. The van der Waals surface area contributed by atoms with E-state index in [0.29, 0.717) is 30.0 Å². The number of rotatable bonds is 6. The van der Waals surface area contributed by atoms with Crippen LogP contribution in [0.5, 0.6) is 0 Å². The molecule has 0 bridgehead atoms. The van der Waals surface area contributed by atoms with Gasteiger partial charge in [0.05, 0.1) is 35.8 Å². The highest BCUT2D eigenvalue weighted by Gasteiger charge is 2.51. The molecule has 4 rings (SSSR count). The normalized spacial score (nSPS) is 19.8. The van der Waals surface area contributed by atoms with Crippen molar-refractivity contribution >= 4 is 42.1 Å². The fourth-order valence-corrected chi connectivity index (χ4v) is 3.98. The minimum Gasteiger partial charge on any atom is -0.399 e. The zero-order valence-electron chi connectivity index (χ0n) is 18.8. The number of nitrogens with zero attached hydrogens (tertiary/aromatic N) is 2. The maximum atomic E-state index is 13.1. The first-order valence-electron chi connectivity index (χ1n) is 10.6. The van der Waals surface area contributed by atoms with Gasteiger partial charge in [-0.15, -0.1) is 3.89 Å². The SMILES string of the molecule is CC1(C)OB(c2ccc(NSF)c(C(=N)c3ccnc(N4CCOCC4)c3)c2)OC1(C)C. The molecule has 7 nitrogen and oxygen atoms in total. The molecule has 1 aromatic heterocycles. The standard InChI is InChI=1S/C22H28BFN4O3S/c1-21(2)22(3,4)31-23(30-21)16-5-6-18(27-32-24)17(14-16)20(25)15-7-8-26-19(13-15)28-9-11-29-12-10-28/h5-8,13-14,25,27H,9-12H2,1-4H3. The van der Waals surface area contributed by atoms with Crippen molar-refractivity contribution in [2.45, 2.75) is 38.9 Å². The van der Waals surface area contributed by atoms with Gasteiger partial charge in [0.25, 0.3) is 0 Å². The maximum absolute atomic E-state index is 13.1. The van der Waals surface area contributed by atoms with Crippen molar-refractivity contribution < 1.29 is 17.9 Å². The Hall–Kier alpha value is -2.14. The van der Waals surface area contributed by atoms with Gasteiger partial charge in [0.15, 0.2) is 12.3 Å². The summed E-state index contributed by atoms with van der Waals surface area (Å²) in [5.74, 6) is 0.798. The van der Waals surface area contributed by atoms with E-state index < -0.39 is 18.3 Å². The lowest BCUT2D eigenvalue weighted by atomic mass is 9.77. The predicted octanol–water partition coefficient (Wildman–Crippen LogP) is 3.58. The Morgan fingerprint density at radius 3 is 2.47 bits per heavy atom. The van der Waals surface area contributed by atoms with Gasteiger partial charge in [-0.2, -0.15) is 0 Å². The molecule has 0 unspecified atom stereocenters. The minimum absolute atomic E-state index is 0.00134. The summed E-state index contributed by atoms with van der Waals surface area (Å²) in [6.45, 7) is 10.8. The number of hydrogen-bond donors (Lipinski definition) is 2. The molecular formula is C22H28BFN4O3S. The average Bonchev–Trinajstić information content (AvgIpc) is 3.01. The van der Waals surface area contributed by atoms with Crippen LogP contribution >= 0.6 is 12.3 Å². The largest absolute Gasteiger partial charge is 0.494 e. The van der Waals surface area contributed by atoms with E-state index in [1.54, 1.807) is 18.3 Å². The van der Waals surface area contributed by atoms with E-state index in [0.717, 1.165) is 24.4 Å². The number of aromatic nitrogens is 1. The summed E-state index contributed by atoms with van der Waals surface area (Å²) in [7, 11) is -0.569. The second-order valence-electron chi connectivity index (χ2n) is 8.95. The van der Waals surface area contributed by atoms with Crippen LogP contribution in [0.25, 0.3) is 0 Å². The van der Waals surface area contributed by atoms with E-state index >= 15 is 0 Å². The van der Waals surface area contributed by atoms with Gasteiger partial charge < -0.3 is 23.7 Å². The Kier molecular flexibility index (Phi) is 6.49. The van der Waals surface area contributed by atoms with Crippen molar-refractivity contribution in [3.05, 3.63) is 47.7 Å². The molecule has 2 aromatic rings. The zero-order valence-corrected chi connectivity index (χ0v) is 19.6. The summed E-state index contributed by atoms with van der Waals surface area (Å²) in [4.78, 5) is 6.60. The van der Waals surface area contributed by atoms with E-state index in [4.69, 9.17) is 19.5 Å². The fraction of sp³-hybridized carbons (Fsp3) is 0.455. The Labute approximate surface area is 193 Å². The molecule has 2 aliphatic heterocycles. The maximum Gasteiger partial charge on any atom is 0.494 e. The molecule has 2 fully saturated rings. The van der Waals surface area contributed by atoms with Gasteiger partial charge in [0.1, 0.15) is 5.82 Å². The molecule has 0 atom stereocenters. The highest BCUT2D eigenvalue weighted by Crippen LogP contribution is 2.37. The molecule has 1 aromatic carbocycles. The summed E-state index contributed by atoms with van der Waals surface area (Å²) < 4.78 is 33.5. The van der Waals surface area contributed by atoms with Crippen molar-refractivity contribution in [1.29, 1.82) is 5.41 Å². The Balaban J connectivity index is 1.66. The first kappa shape index (κ1) is 23.0. The van der Waals surface area contributed by atoms with E-state index in [1.807, 2.05) is 45.9 Å². The number of benzene rings is 1. The van der Waals surface area contributed by atoms with Crippen LogP contribution in [-0.4, -0.2) is 55.3 Å². The first-order chi connectivity index (χ1) is 15.2. The van der Waals surface area contributed by atoms with Crippen LogP contribution in [-0.2, 0) is 14.0 Å². The van der Waals surface area contributed by atoms with Gasteiger partial charge in [0, 0.05) is 30.4 Å². The van der Waals surface area contributed by atoms with E-state index in [1.165, 1.54) is 0 Å². The van der Waals surface area contributed by atoms with Crippen molar-refractivity contribution in [3.63, 3.8) is 0 Å². The van der Waals surface area contributed by atoms with Crippen LogP contribution in [0.1, 0.15) is 38.8 Å². The number of hydrogen-bond acceptors (Lipinski definition) is 8. The zero-order chi connectivity index (χ0) is 22.9. The topological polar surface area (TPSA) is 79.7 Å². The van der Waals surface area contributed by atoms with Crippen LogP contribution in [0.4, 0.5) is 15.4 Å². The summed E-state index contributed by atoms with van der Waals surface area (Å²) in [6, 6.07) is 9.10. The Bertz CT molecular complexity index is 985.